The Labute approximate surface area is 192 Å². The number of hydrogen-bond donors (Lipinski definition) is 2. The molecule has 0 aromatic carbocycles. The molecule has 0 aliphatic carbocycles. The Bertz CT molecular complexity index is 596. The van der Waals surface area contributed by atoms with E-state index >= 15 is 0 Å². The Morgan fingerprint density at radius 3 is 2.52 bits per heavy atom. The van der Waals surface area contributed by atoms with Gasteiger partial charge in [0.05, 0.1) is 32.1 Å². The molecule has 2 fully saturated rings. The molecule has 166 valence electrons. The third-order valence-electron chi connectivity index (χ3n) is 5.75. The summed E-state index contributed by atoms with van der Waals surface area (Å²) >= 11 is 0. The molecule has 2 N–H and O–H groups in total. The predicted molar refractivity (Wildman–Crippen MR) is 128 cm³/mol. The van der Waals surface area contributed by atoms with Gasteiger partial charge in [-0.15, -0.1) is 24.0 Å². The van der Waals surface area contributed by atoms with Crippen LogP contribution in [-0.4, -0.2) is 80.3 Å². The van der Waals surface area contributed by atoms with E-state index in [4.69, 9.17) is 14.1 Å². The topological polar surface area (TPSA) is 65.3 Å². The number of morpholine rings is 1. The van der Waals surface area contributed by atoms with E-state index in [-0.39, 0.29) is 35.6 Å². The highest BCUT2D eigenvalue weighted by atomic mass is 127. The third-order valence-corrected chi connectivity index (χ3v) is 5.75. The largest absolute Gasteiger partial charge is 0.468 e. The van der Waals surface area contributed by atoms with E-state index in [1.165, 1.54) is 12.8 Å². The minimum Gasteiger partial charge on any atom is -0.468 e. The number of ether oxygens (including phenoxy) is 1. The zero-order chi connectivity index (χ0) is 19.8. The number of guanidine groups is 1. The Morgan fingerprint density at radius 1 is 1.17 bits per heavy atom. The lowest BCUT2D eigenvalue weighted by molar-refractivity contribution is -0.00684. The van der Waals surface area contributed by atoms with E-state index < -0.39 is 0 Å². The van der Waals surface area contributed by atoms with Gasteiger partial charge in [-0.25, -0.2) is 0 Å². The summed E-state index contributed by atoms with van der Waals surface area (Å²) in [6.07, 6.45) is 4.29. The second-order valence-corrected chi connectivity index (χ2v) is 8.26. The molecule has 0 saturated carbocycles. The van der Waals surface area contributed by atoms with Crippen molar-refractivity contribution in [2.75, 3.05) is 59.0 Å². The van der Waals surface area contributed by atoms with Crippen LogP contribution in [0.3, 0.4) is 0 Å². The second-order valence-electron chi connectivity index (χ2n) is 8.26. The maximum absolute atomic E-state index is 5.73. The summed E-state index contributed by atoms with van der Waals surface area (Å²) in [5, 5.41) is 6.95. The maximum Gasteiger partial charge on any atom is 0.191 e. The molecule has 3 rings (SSSR count). The smallest absolute Gasteiger partial charge is 0.191 e. The molecule has 29 heavy (non-hydrogen) atoms. The van der Waals surface area contributed by atoms with Crippen molar-refractivity contribution in [1.82, 2.24) is 20.4 Å². The van der Waals surface area contributed by atoms with Crippen molar-refractivity contribution in [3.63, 3.8) is 0 Å². The van der Waals surface area contributed by atoms with Gasteiger partial charge in [0.25, 0.3) is 0 Å². The number of nitrogens with zero attached hydrogens (tertiary/aromatic N) is 3. The molecular formula is C21H38IN5O2. The van der Waals surface area contributed by atoms with Gasteiger partial charge in [-0.05, 0) is 58.8 Å². The van der Waals surface area contributed by atoms with E-state index in [1.807, 2.05) is 6.07 Å². The van der Waals surface area contributed by atoms with Crippen molar-refractivity contribution in [2.45, 2.75) is 45.2 Å². The zero-order valence-corrected chi connectivity index (χ0v) is 20.5. The van der Waals surface area contributed by atoms with E-state index in [9.17, 15) is 0 Å². The molecule has 0 radical (unpaired) electrons. The molecule has 1 aromatic rings. The molecule has 0 spiro atoms. The quantitative estimate of drug-likeness (QED) is 0.313. The van der Waals surface area contributed by atoms with Gasteiger partial charge in [-0.2, -0.15) is 0 Å². The van der Waals surface area contributed by atoms with Crippen LogP contribution in [0.5, 0.6) is 0 Å². The van der Waals surface area contributed by atoms with Crippen molar-refractivity contribution in [2.24, 2.45) is 4.99 Å². The molecule has 1 aromatic heterocycles. The SMILES string of the molecule is CCNC(=NCC(C)(C)N1CCOCC1)NCC(c1ccco1)N1CCCC1.I. The number of furan rings is 1. The first-order valence-corrected chi connectivity index (χ1v) is 10.7. The predicted octanol–water partition coefficient (Wildman–Crippen LogP) is 2.70. The van der Waals surface area contributed by atoms with Crippen LogP contribution in [0, 0.1) is 0 Å². The van der Waals surface area contributed by atoms with Crippen molar-refractivity contribution >= 4 is 29.9 Å². The highest BCUT2D eigenvalue weighted by molar-refractivity contribution is 14.0. The molecule has 1 atom stereocenters. The van der Waals surface area contributed by atoms with E-state index in [0.717, 1.165) is 70.7 Å². The Hall–Kier alpha value is -0.840. The summed E-state index contributed by atoms with van der Waals surface area (Å²) in [4.78, 5) is 9.88. The van der Waals surface area contributed by atoms with Crippen LogP contribution in [0.4, 0.5) is 0 Å². The first-order valence-electron chi connectivity index (χ1n) is 10.7. The summed E-state index contributed by atoms with van der Waals surface area (Å²) in [7, 11) is 0. The fourth-order valence-corrected chi connectivity index (χ4v) is 4.02. The van der Waals surface area contributed by atoms with E-state index in [2.05, 4.69) is 47.3 Å². The van der Waals surface area contributed by atoms with Crippen molar-refractivity contribution in [3.05, 3.63) is 24.2 Å². The van der Waals surface area contributed by atoms with Crippen molar-refractivity contribution in [3.8, 4) is 0 Å². The van der Waals surface area contributed by atoms with E-state index in [1.54, 1.807) is 6.26 Å². The number of halogens is 1. The minimum absolute atomic E-state index is 0. The van der Waals surface area contributed by atoms with Gasteiger partial charge in [0, 0.05) is 31.7 Å². The van der Waals surface area contributed by atoms with Gasteiger partial charge in [0.15, 0.2) is 5.96 Å². The molecule has 2 saturated heterocycles. The number of aliphatic imine (C=N–C) groups is 1. The van der Waals surface area contributed by atoms with Gasteiger partial charge in [-0.1, -0.05) is 0 Å². The van der Waals surface area contributed by atoms with Gasteiger partial charge in [-0.3, -0.25) is 14.8 Å². The lowest BCUT2D eigenvalue weighted by Crippen LogP contribution is -2.52. The van der Waals surface area contributed by atoms with Crippen LogP contribution in [-0.2, 0) is 4.74 Å². The molecule has 1 unspecified atom stereocenters. The summed E-state index contributed by atoms with van der Waals surface area (Å²) < 4.78 is 11.2. The average Bonchev–Trinajstić information content (AvgIpc) is 3.42. The Morgan fingerprint density at radius 2 is 1.90 bits per heavy atom. The molecule has 7 nitrogen and oxygen atoms in total. The van der Waals surface area contributed by atoms with Gasteiger partial charge < -0.3 is 19.8 Å². The molecular weight excluding hydrogens is 481 g/mol. The Kier molecular flexibility index (Phi) is 10.2. The minimum atomic E-state index is 0. The normalized spacial score (nSPS) is 20.3. The maximum atomic E-state index is 5.73. The highest BCUT2D eigenvalue weighted by Gasteiger charge is 2.29. The lowest BCUT2D eigenvalue weighted by Gasteiger charge is -2.40. The molecule has 3 heterocycles. The molecule has 0 bridgehead atoms. The van der Waals surface area contributed by atoms with Gasteiger partial charge >= 0.3 is 0 Å². The fourth-order valence-electron chi connectivity index (χ4n) is 4.02. The van der Waals surface area contributed by atoms with Crippen LogP contribution in [0.15, 0.2) is 27.8 Å². The van der Waals surface area contributed by atoms with Crippen molar-refractivity contribution < 1.29 is 9.15 Å². The first-order chi connectivity index (χ1) is 13.6. The third kappa shape index (κ3) is 7.11. The van der Waals surface area contributed by atoms with Crippen LogP contribution < -0.4 is 10.6 Å². The molecule has 2 aliphatic heterocycles. The lowest BCUT2D eigenvalue weighted by atomic mass is 10.0. The number of rotatable bonds is 8. The number of hydrogen-bond acceptors (Lipinski definition) is 5. The standard InChI is InChI=1S/C21H37N5O2.HI/c1-4-22-20(24-17-21(2,3)26-11-14-27-15-12-26)23-16-18(19-8-7-13-28-19)25-9-5-6-10-25;/h7-8,13,18H,4-6,9-12,14-17H2,1-3H3,(H2,22,23,24);1H. The van der Waals surface area contributed by atoms with Crippen molar-refractivity contribution in [1.29, 1.82) is 0 Å². The molecule has 8 heteroatoms. The van der Waals surface area contributed by atoms with Crippen LogP contribution in [0.1, 0.15) is 45.4 Å². The monoisotopic (exact) mass is 519 g/mol. The summed E-state index contributed by atoms with van der Waals surface area (Å²) in [6.45, 7) is 14.9. The zero-order valence-electron chi connectivity index (χ0n) is 18.2. The van der Waals surface area contributed by atoms with Crippen LogP contribution >= 0.6 is 24.0 Å². The van der Waals surface area contributed by atoms with E-state index in [0.29, 0.717) is 0 Å². The highest BCUT2D eigenvalue weighted by Crippen LogP contribution is 2.25. The Balaban J connectivity index is 0.00000300. The fraction of sp³-hybridized carbons (Fsp3) is 0.762. The van der Waals surface area contributed by atoms with Crippen LogP contribution in [0.25, 0.3) is 0 Å². The second kappa shape index (κ2) is 12.1. The summed E-state index contributed by atoms with van der Waals surface area (Å²) in [5.41, 5.74) is 0.0154. The number of nitrogens with one attached hydrogen (secondary N) is 2. The molecule has 2 aliphatic rings. The average molecular weight is 519 g/mol. The van der Waals surface area contributed by atoms with Gasteiger partial charge in [0.1, 0.15) is 5.76 Å². The number of likely N-dealkylation sites (tertiary alicyclic amines) is 1. The van der Waals surface area contributed by atoms with Gasteiger partial charge in [0.2, 0.25) is 0 Å². The summed E-state index contributed by atoms with van der Waals surface area (Å²) in [5.74, 6) is 1.90. The first kappa shape index (κ1) is 24.4. The summed E-state index contributed by atoms with van der Waals surface area (Å²) in [6, 6.07) is 4.30. The molecule has 0 amide bonds. The van der Waals surface area contributed by atoms with Crippen LogP contribution in [0.2, 0.25) is 0 Å².